The van der Waals surface area contributed by atoms with Crippen LogP contribution in [0.2, 0.25) is 5.02 Å². The first kappa shape index (κ1) is 10.3. The maximum atomic E-state index is 12.0. The molecule has 1 aromatic heterocycles. The van der Waals surface area contributed by atoms with Crippen molar-refractivity contribution in [1.29, 1.82) is 0 Å². The first-order chi connectivity index (χ1) is 7.18. The monoisotopic (exact) mass is 237 g/mol. The van der Waals surface area contributed by atoms with Crippen molar-refractivity contribution in [3.8, 4) is 0 Å². The van der Waals surface area contributed by atoms with Gasteiger partial charge in [0.2, 0.25) is 5.78 Å². The molecule has 15 heavy (non-hydrogen) atoms. The first-order valence-electron chi connectivity index (χ1n) is 4.40. The van der Waals surface area contributed by atoms with Crippen LogP contribution >= 0.6 is 22.9 Å². The third-order valence-corrected chi connectivity index (χ3v) is 3.20. The number of thiazole rings is 1. The van der Waals surface area contributed by atoms with Gasteiger partial charge in [-0.3, -0.25) is 4.79 Å². The smallest absolute Gasteiger partial charge is 0.206 e. The molecule has 0 saturated heterocycles. The number of ketones is 1. The molecular weight excluding hydrogens is 230 g/mol. The predicted octanol–water partition coefficient (Wildman–Crippen LogP) is 3.34. The van der Waals surface area contributed by atoms with Gasteiger partial charge in [-0.15, -0.1) is 11.3 Å². The number of hydrogen-bond donors (Lipinski definition) is 0. The Morgan fingerprint density at radius 1 is 1.40 bits per heavy atom. The van der Waals surface area contributed by atoms with Gasteiger partial charge in [-0.1, -0.05) is 23.7 Å². The molecule has 0 aliphatic carbocycles. The van der Waals surface area contributed by atoms with E-state index in [0.29, 0.717) is 15.5 Å². The fraction of sp³-hybridized carbons (Fsp3) is 0.0909. The molecular formula is C11H8ClNOS. The summed E-state index contributed by atoms with van der Waals surface area (Å²) in [4.78, 5) is 16.6. The fourth-order valence-electron chi connectivity index (χ4n) is 1.24. The summed E-state index contributed by atoms with van der Waals surface area (Å²) in [6.07, 6.45) is 1.59. The van der Waals surface area contributed by atoms with Crippen molar-refractivity contribution in [2.24, 2.45) is 0 Å². The van der Waals surface area contributed by atoms with Gasteiger partial charge in [-0.2, -0.15) is 0 Å². The van der Waals surface area contributed by atoms with Crippen LogP contribution in [-0.4, -0.2) is 10.8 Å². The van der Waals surface area contributed by atoms with E-state index in [1.807, 2.05) is 6.92 Å². The molecule has 1 heterocycles. The second kappa shape index (κ2) is 4.13. The lowest BCUT2D eigenvalue weighted by molar-refractivity contribution is 0.104. The number of carbonyl (C=O) groups is 1. The van der Waals surface area contributed by atoms with Crippen LogP contribution in [0.1, 0.15) is 20.2 Å². The molecule has 0 fully saturated rings. The Labute approximate surface area is 96.5 Å². The Bertz CT molecular complexity index is 507. The summed E-state index contributed by atoms with van der Waals surface area (Å²) in [5.74, 6) is -0.0637. The van der Waals surface area contributed by atoms with Crippen molar-refractivity contribution in [3.05, 3.63) is 50.9 Å². The van der Waals surface area contributed by atoms with Gasteiger partial charge in [0.1, 0.15) is 0 Å². The van der Waals surface area contributed by atoms with Gasteiger partial charge < -0.3 is 0 Å². The molecule has 0 unspecified atom stereocenters. The molecule has 0 radical (unpaired) electrons. The second-order valence-electron chi connectivity index (χ2n) is 3.05. The molecule has 0 saturated carbocycles. The number of nitrogens with zero attached hydrogens (tertiary/aromatic N) is 1. The van der Waals surface area contributed by atoms with Crippen molar-refractivity contribution in [2.75, 3.05) is 0 Å². The molecule has 2 rings (SSSR count). The predicted molar refractivity (Wildman–Crippen MR) is 61.7 cm³/mol. The van der Waals surface area contributed by atoms with E-state index < -0.39 is 0 Å². The number of carbonyl (C=O) groups excluding carboxylic acids is 1. The zero-order chi connectivity index (χ0) is 10.8. The molecule has 0 spiro atoms. The molecule has 0 amide bonds. The molecule has 4 heteroatoms. The van der Waals surface area contributed by atoms with E-state index in [9.17, 15) is 4.79 Å². The number of rotatable bonds is 2. The van der Waals surface area contributed by atoms with E-state index in [2.05, 4.69) is 4.98 Å². The maximum absolute atomic E-state index is 12.0. The van der Waals surface area contributed by atoms with Crippen molar-refractivity contribution < 1.29 is 4.79 Å². The van der Waals surface area contributed by atoms with Crippen LogP contribution in [0.15, 0.2) is 30.5 Å². The Balaban J connectivity index is 2.41. The van der Waals surface area contributed by atoms with Gasteiger partial charge in [-0.25, -0.2) is 4.98 Å². The summed E-state index contributed by atoms with van der Waals surface area (Å²) >= 11 is 7.32. The fourth-order valence-corrected chi connectivity index (χ4v) is 2.20. The van der Waals surface area contributed by atoms with Crippen LogP contribution in [0.25, 0.3) is 0 Å². The SMILES string of the molecule is Cc1ncc(C(=O)c2ccccc2Cl)s1. The summed E-state index contributed by atoms with van der Waals surface area (Å²) in [5, 5.41) is 1.36. The largest absolute Gasteiger partial charge is 0.288 e. The number of aromatic nitrogens is 1. The van der Waals surface area contributed by atoms with Gasteiger partial charge in [-0.05, 0) is 19.1 Å². The zero-order valence-corrected chi connectivity index (χ0v) is 9.60. The van der Waals surface area contributed by atoms with E-state index in [-0.39, 0.29) is 5.78 Å². The Morgan fingerprint density at radius 2 is 2.13 bits per heavy atom. The minimum absolute atomic E-state index is 0.0637. The van der Waals surface area contributed by atoms with Crippen molar-refractivity contribution in [2.45, 2.75) is 6.92 Å². The highest BCUT2D eigenvalue weighted by atomic mass is 35.5. The lowest BCUT2D eigenvalue weighted by Crippen LogP contribution is -1.98. The molecule has 0 N–H and O–H groups in total. The lowest BCUT2D eigenvalue weighted by Gasteiger charge is -1.99. The van der Waals surface area contributed by atoms with E-state index in [4.69, 9.17) is 11.6 Å². The van der Waals surface area contributed by atoms with Crippen molar-refractivity contribution >= 4 is 28.7 Å². The first-order valence-corrected chi connectivity index (χ1v) is 5.59. The lowest BCUT2D eigenvalue weighted by atomic mass is 10.1. The van der Waals surface area contributed by atoms with Crippen molar-refractivity contribution in [1.82, 2.24) is 4.98 Å². The summed E-state index contributed by atoms with van der Waals surface area (Å²) in [5.41, 5.74) is 0.530. The molecule has 0 aliphatic rings. The van der Waals surface area contributed by atoms with Gasteiger partial charge in [0.25, 0.3) is 0 Å². The molecule has 0 atom stereocenters. The third-order valence-electron chi connectivity index (χ3n) is 1.96. The van der Waals surface area contributed by atoms with Crippen LogP contribution in [0.5, 0.6) is 0 Å². The van der Waals surface area contributed by atoms with Gasteiger partial charge >= 0.3 is 0 Å². The highest BCUT2D eigenvalue weighted by Crippen LogP contribution is 2.21. The quantitative estimate of drug-likeness (QED) is 0.750. The van der Waals surface area contributed by atoms with E-state index in [0.717, 1.165) is 5.01 Å². The third kappa shape index (κ3) is 2.08. The molecule has 2 aromatic rings. The zero-order valence-electron chi connectivity index (χ0n) is 8.03. The van der Waals surface area contributed by atoms with Crippen molar-refractivity contribution in [3.63, 3.8) is 0 Å². The topological polar surface area (TPSA) is 30.0 Å². The van der Waals surface area contributed by atoms with Crippen LogP contribution in [-0.2, 0) is 0 Å². The Kier molecular flexibility index (Phi) is 2.84. The van der Waals surface area contributed by atoms with E-state index in [1.54, 1.807) is 30.5 Å². The number of aryl methyl sites for hydroxylation is 1. The van der Waals surface area contributed by atoms with Gasteiger partial charge in [0, 0.05) is 11.8 Å². The number of benzene rings is 1. The average molecular weight is 238 g/mol. The summed E-state index contributed by atoms with van der Waals surface area (Å²) in [6.45, 7) is 1.87. The summed E-state index contributed by atoms with van der Waals surface area (Å²) < 4.78 is 0. The Morgan fingerprint density at radius 3 is 2.73 bits per heavy atom. The average Bonchev–Trinajstić information content (AvgIpc) is 2.65. The molecule has 1 aromatic carbocycles. The highest BCUT2D eigenvalue weighted by Gasteiger charge is 2.14. The molecule has 2 nitrogen and oxygen atoms in total. The summed E-state index contributed by atoms with van der Waals surface area (Å²) in [7, 11) is 0. The van der Waals surface area contributed by atoms with Crippen LogP contribution in [0, 0.1) is 6.92 Å². The summed E-state index contributed by atoms with van der Waals surface area (Å²) in [6, 6.07) is 7.03. The minimum Gasteiger partial charge on any atom is -0.288 e. The highest BCUT2D eigenvalue weighted by molar-refractivity contribution is 7.13. The normalized spacial score (nSPS) is 10.3. The number of hydrogen-bond acceptors (Lipinski definition) is 3. The van der Waals surface area contributed by atoms with E-state index >= 15 is 0 Å². The standard InChI is InChI=1S/C11H8ClNOS/c1-7-13-6-10(15-7)11(14)8-4-2-3-5-9(8)12/h2-6H,1H3. The molecule has 0 aliphatic heterocycles. The van der Waals surface area contributed by atoms with Crippen LogP contribution < -0.4 is 0 Å². The maximum Gasteiger partial charge on any atom is 0.206 e. The number of halogens is 1. The van der Waals surface area contributed by atoms with Gasteiger partial charge in [0.15, 0.2) is 0 Å². The van der Waals surface area contributed by atoms with E-state index in [1.165, 1.54) is 11.3 Å². The Hall–Kier alpha value is -1.19. The van der Waals surface area contributed by atoms with Crippen LogP contribution in [0.4, 0.5) is 0 Å². The minimum atomic E-state index is -0.0637. The second-order valence-corrected chi connectivity index (χ2v) is 4.69. The molecule has 0 bridgehead atoms. The van der Waals surface area contributed by atoms with Crippen LogP contribution in [0.3, 0.4) is 0 Å². The molecule has 76 valence electrons. The van der Waals surface area contributed by atoms with Gasteiger partial charge in [0.05, 0.1) is 14.9 Å².